The molecule has 0 unspecified atom stereocenters. The van der Waals surface area contributed by atoms with Crippen molar-refractivity contribution in [1.82, 2.24) is 15.2 Å². The molecule has 5 nitrogen and oxygen atoms in total. The molecule has 0 aliphatic carbocycles. The molecule has 0 saturated carbocycles. The normalized spacial score (nSPS) is 11.3. The van der Waals surface area contributed by atoms with Gasteiger partial charge in [-0.3, -0.25) is 9.48 Å². The van der Waals surface area contributed by atoms with E-state index in [9.17, 15) is 4.79 Å². The Balaban J connectivity index is 1.69. The number of benzene rings is 2. The van der Waals surface area contributed by atoms with Crippen LogP contribution >= 0.6 is 0 Å². The average molecular weight is 318 g/mol. The van der Waals surface area contributed by atoms with Crippen molar-refractivity contribution in [2.75, 3.05) is 0 Å². The molecule has 1 heterocycles. The summed E-state index contributed by atoms with van der Waals surface area (Å²) in [6, 6.07) is 19.1. The number of hydrogen-bond donors (Lipinski definition) is 1. The zero-order valence-corrected chi connectivity index (χ0v) is 13.4. The van der Waals surface area contributed by atoms with Gasteiger partial charge in [0.05, 0.1) is 12.3 Å². The van der Waals surface area contributed by atoms with Crippen LogP contribution in [0, 0.1) is 0 Å². The fourth-order valence-electron chi connectivity index (χ4n) is 2.34. The van der Waals surface area contributed by atoms with Gasteiger partial charge in [-0.2, -0.15) is 10.2 Å². The van der Waals surface area contributed by atoms with Crippen molar-refractivity contribution in [3.63, 3.8) is 0 Å². The Labute approximate surface area is 140 Å². The number of carbonyl (C=O) groups is 1. The monoisotopic (exact) mass is 318 g/mol. The minimum absolute atomic E-state index is 0.229. The molecule has 0 saturated heterocycles. The smallest absolute Gasteiger partial charge is 0.268 e. The van der Waals surface area contributed by atoms with Crippen LogP contribution in [0.1, 0.15) is 28.4 Å². The molecule has 0 spiro atoms. The molecule has 3 aromatic rings. The summed E-state index contributed by atoms with van der Waals surface area (Å²) < 4.78 is 1.81. The third kappa shape index (κ3) is 3.95. The highest BCUT2D eigenvalue weighted by Crippen LogP contribution is 2.07. The van der Waals surface area contributed by atoms with Crippen LogP contribution in [0.5, 0.6) is 0 Å². The third-order valence-electron chi connectivity index (χ3n) is 3.61. The van der Waals surface area contributed by atoms with Gasteiger partial charge in [0.1, 0.15) is 0 Å². The van der Waals surface area contributed by atoms with Gasteiger partial charge in [0.15, 0.2) is 0 Å². The van der Waals surface area contributed by atoms with E-state index in [2.05, 4.69) is 15.6 Å². The van der Waals surface area contributed by atoms with E-state index in [1.807, 2.05) is 72.4 Å². The summed E-state index contributed by atoms with van der Waals surface area (Å²) >= 11 is 0. The van der Waals surface area contributed by atoms with E-state index in [0.717, 1.165) is 16.8 Å². The fourth-order valence-corrected chi connectivity index (χ4v) is 2.34. The summed E-state index contributed by atoms with van der Waals surface area (Å²) in [6.07, 6.45) is 3.62. The topological polar surface area (TPSA) is 59.3 Å². The molecule has 0 aliphatic rings. The summed E-state index contributed by atoms with van der Waals surface area (Å²) in [7, 11) is 0. The number of nitrogens with one attached hydrogen (secondary N) is 1. The summed E-state index contributed by atoms with van der Waals surface area (Å²) in [4.78, 5) is 12.3. The molecule has 0 fully saturated rings. The maximum absolute atomic E-state index is 12.3. The van der Waals surface area contributed by atoms with E-state index in [1.54, 1.807) is 12.3 Å². The van der Waals surface area contributed by atoms with Crippen molar-refractivity contribution >= 4 is 11.6 Å². The molecule has 120 valence electrons. The summed E-state index contributed by atoms with van der Waals surface area (Å²) in [5, 5.41) is 8.35. The quantitative estimate of drug-likeness (QED) is 0.580. The second-order valence-electron chi connectivity index (χ2n) is 5.41. The van der Waals surface area contributed by atoms with Crippen LogP contribution in [0.15, 0.2) is 78.2 Å². The van der Waals surface area contributed by atoms with Crippen LogP contribution in [-0.4, -0.2) is 21.4 Å². The van der Waals surface area contributed by atoms with Crippen molar-refractivity contribution in [2.45, 2.75) is 13.5 Å². The largest absolute Gasteiger partial charge is 0.271 e. The van der Waals surface area contributed by atoms with E-state index in [0.29, 0.717) is 12.1 Å². The average Bonchev–Trinajstić information content (AvgIpc) is 3.13. The minimum atomic E-state index is -0.229. The molecule has 24 heavy (non-hydrogen) atoms. The van der Waals surface area contributed by atoms with E-state index in [-0.39, 0.29) is 5.91 Å². The Hall–Kier alpha value is -3.21. The first kappa shape index (κ1) is 15.7. The molecule has 1 aromatic heterocycles. The highest BCUT2D eigenvalue weighted by atomic mass is 16.2. The van der Waals surface area contributed by atoms with Crippen LogP contribution in [0.4, 0.5) is 0 Å². The summed E-state index contributed by atoms with van der Waals surface area (Å²) in [5.74, 6) is -0.229. The SMILES string of the molecule is C/C(=N/NC(=O)c1cccc(Cn2cccn2)c1)c1ccccc1. The van der Waals surface area contributed by atoms with Crippen molar-refractivity contribution in [3.8, 4) is 0 Å². The van der Waals surface area contributed by atoms with Crippen molar-refractivity contribution in [1.29, 1.82) is 0 Å². The third-order valence-corrected chi connectivity index (χ3v) is 3.61. The number of amides is 1. The number of rotatable bonds is 5. The zero-order chi connectivity index (χ0) is 16.8. The molecule has 0 bridgehead atoms. The van der Waals surface area contributed by atoms with E-state index in [1.165, 1.54) is 0 Å². The van der Waals surface area contributed by atoms with Crippen molar-refractivity contribution in [2.24, 2.45) is 5.10 Å². The molecule has 5 heteroatoms. The van der Waals surface area contributed by atoms with Crippen LogP contribution in [0.2, 0.25) is 0 Å². The highest BCUT2D eigenvalue weighted by Gasteiger charge is 2.06. The molecule has 0 radical (unpaired) electrons. The van der Waals surface area contributed by atoms with Gasteiger partial charge < -0.3 is 0 Å². The first-order valence-electron chi connectivity index (χ1n) is 7.69. The molecule has 2 aromatic carbocycles. The van der Waals surface area contributed by atoms with Gasteiger partial charge in [-0.1, -0.05) is 42.5 Å². The Morgan fingerprint density at radius 2 is 1.88 bits per heavy atom. The Kier molecular flexibility index (Phi) is 4.81. The van der Waals surface area contributed by atoms with Crippen molar-refractivity contribution < 1.29 is 4.79 Å². The predicted molar refractivity (Wildman–Crippen MR) is 93.9 cm³/mol. The standard InChI is InChI=1S/C19H18N4O/c1-15(17-8-3-2-4-9-17)21-22-19(24)18-10-5-7-16(13-18)14-23-12-6-11-20-23/h2-13H,14H2,1H3,(H,22,24)/b21-15-. The van der Waals surface area contributed by atoms with Crippen molar-refractivity contribution in [3.05, 3.63) is 89.7 Å². The van der Waals surface area contributed by atoms with Gasteiger partial charge in [0, 0.05) is 18.0 Å². The van der Waals surface area contributed by atoms with Gasteiger partial charge in [0.2, 0.25) is 0 Å². The molecule has 1 N–H and O–H groups in total. The van der Waals surface area contributed by atoms with E-state index in [4.69, 9.17) is 0 Å². The van der Waals surface area contributed by atoms with Gasteiger partial charge in [0.25, 0.3) is 5.91 Å². The lowest BCUT2D eigenvalue weighted by molar-refractivity contribution is 0.0954. The molecule has 0 atom stereocenters. The lowest BCUT2D eigenvalue weighted by atomic mass is 10.1. The number of hydrogen-bond acceptors (Lipinski definition) is 3. The first-order valence-corrected chi connectivity index (χ1v) is 7.69. The maximum atomic E-state index is 12.3. The summed E-state index contributed by atoms with van der Waals surface area (Å²) in [5.41, 5.74) is 5.93. The number of nitrogens with zero attached hydrogens (tertiary/aromatic N) is 3. The number of carbonyl (C=O) groups excluding carboxylic acids is 1. The molecule has 3 rings (SSSR count). The first-order chi connectivity index (χ1) is 11.7. The van der Waals surface area contributed by atoms with Crippen LogP contribution in [-0.2, 0) is 6.54 Å². The summed E-state index contributed by atoms with van der Waals surface area (Å²) in [6.45, 7) is 2.49. The number of hydrazone groups is 1. The van der Waals surface area contributed by atoms with E-state index < -0.39 is 0 Å². The van der Waals surface area contributed by atoms with Gasteiger partial charge in [-0.25, -0.2) is 5.43 Å². The Morgan fingerprint density at radius 1 is 1.08 bits per heavy atom. The molecular formula is C19H18N4O. The Morgan fingerprint density at radius 3 is 2.62 bits per heavy atom. The second kappa shape index (κ2) is 7.37. The number of aromatic nitrogens is 2. The minimum Gasteiger partial charge on any atom is -0.268 e. The van der Waals surface area contributed by atoms with Gasteiger partial charge in [-0.15, -0.1) is 0 Å². The predicted octanol–water partition coefficient (Wildman–Crippen LogP) is 3.09. The van der Waals surface area contributed by atoms with Crippen LogP contribution < -0.4 is 5.43 Å². The molecule has 0 aliphatic heterocycles. The highest BCUT2D eigenvalue weighted by molar-refractivity contribution is 6.00. The second-order valence-corrected chi connectivity index (χ2v) is 5.41. The van der Waals surface area contributed by atoms with Gasteiger partial charge in [-0.05, 0) is 36.2 Å². The van der Waals surface area contributed by atoms with Crippen LogP contribution in [0.25, 0.3) is 0 Å². The molecule has 1 amide bonds. The van der Waals surface area contributed by atoms with Crippen LogP contribution in [0.3, 0.4) is 0 Å². The zero-order valence-electron chi connectivity index (χ0n) is 13.4. The lowest BCUT2D eigenvalue weighted by Gasteiger charge is -2.06. The lowest BCUT2D eigenvalue weighted by Crippen LogP contribution is -2.19. The maximum Gasteiger partial charge on any atom is 0.271 e. The Bertz CT molecular complexity index is 839. The van der Waals surface area contributed by atoms with Gasteiger partial charge >= 0.3 is 0 Å². The fraction of sp³-hybridized carbons (Fsp3) is 0.105. The van der Waals surface area contributed by atoms with E-state index >= 15 is 0 Å². The molecular weight excluding hydrogens is 300 g/mol.